The number of nitrogens with zero attached hydrogens (tertiary/aromatic N) is 1. The molecule has 28 heavy (non-hydrogen) atoms. The molecule has 1 amide bonds. The lowest BCUT2D eigenvalue weighted by atomic mass is 10.2. The fourth-order valence-corrected chi connectivity index (χ4v) is 3.17. The molecule has 9 heteroatoms. The Morgan fingerprint density at radius 2 is 1.79 bits per heavy atom. The van der Waals surface area contributed by atoms with Crippen molar-refractivity contribution < 1.29 is 27.1 Å². The molecule has 0 saturated carbocycles. The number of esters is 1. The van der Waals surface area contributed by atoms with Crippen LogP contribution >= 0.6 is 0 Å². The molecule has 0 fully saturated rings. The van der Waals surface area contributed by atoms with E-state index in [9.17, 15) is 22.4 Å². The van der Waals surface area contributed by atoms with E-state index in [1.807, 2.05) is 30.3 Å². The Labute approximate surface area is 163 Å². The van der Waals surface area contributed by atoms with Gasteiger partial charge in [0.25, 0.3) is 5.91 Å². The van der Waals surface area contributed by atoms with Crippen LogP contribution in [0.15, 0.2) is 53.4 Å². The summed E-state index contributed by atoms with van der Waals surface area (Å²) in [6.07, 6.45) is -1.19. The molecule has 150 valence electrons. The van der Waals surface area contributed by atoms with Gasteiger partial charge in [-0.3, -0.25) is 4.79 Å². The second kappa shape index (κ2) is 8.94. The summed E-state index contributed by atoms with van der Waals surface area (Å²) in [6.45, 7) is 1.59. The SMILES string of the molecule is C[C@H](OC(=O)c1cc(S(=O)(=O)N(C)C)ccc1F)C(=O)NCc1ccccc1. The van der Waals surface area contributed by atoms with Gasteiger partial charge in [-0.15, -0.1) is 0 Å². The van der Waals surface area contributed by atoms with Crippen LogP contribution in [0.1, 0.15) is 22.8 Å². The van der Waals surface area contributed by atoms with Crippen LogP contribution in [-0.4, -0.2) is 44.8 Å². The van der Waals surface area contributed by atoms with Crippen LogP contribution in [0.5, 0.6) is 0 Å². The minimum atomic E-state index is -3.85. The molecule has 1 N–H and O–H groups in total. The smallest absolute Gasteiger partial charge is 0.341 e. The second-order valence-corrected chi connectivity index (χ2v) is 8.33. The maximum Gasteiger partial charge on any atom is 0.341 e. The van der Waals surface area contributed by atoms with Gasteiger partial charge in [-0.1, -0.05) is 30.3 Å². The van der Waals surface area contributed by atoms with E-state index in [0.717, 1.165) is 28.1 Å². The first-order valence-corrected chi connectivity index (χ1v) is 9.81. The minimum absolute atomic E-state index is 0.243. The minimum Gasteiger partial charge on any atom is -0.449 e. The maximum absolute atomic E-state index is 14.0. The molecule has 0 aliphatic carbocycles. The van der Waals surface area contributed by atoms with Crippen molar-refractivity contribution in [3.63, 3.8) is 0 Å². The third-order valence-corrected chi connectivity index (χ3v) is 5.71. The van der Waals surface area contributed by atoms with E-state index in [2.05, 4.69) is 5.32 Å². The van der Waals surface area contributed by atoms with Crippen molar-refractivity contribution in [3.05, 3.63) is 65.5 Å². The Hall–Kier alpha value is -2.78. The van der Waals surface area contributed by atoms with E-state index >= 15 is 0 Å². The Morgan fingerprint density at radius 3 is 2.39 bits per heavy atom. The van der Waals surface area contributed by atoms with Crippen molar-refractivity contribution in [1.29, 1.82) is 0 Å². The number of sulfonamides is 1. The Balaban J connectivity index is 2.08. The summed E-state index contributed by atoms with van der Waals surface area (Å²) in [5.41, 5.74) is 0.299. The summed E-state index contributed by atoms with van der Waals surface area (Å²) < 4.78 is 44.3. The average Bonchev–Trinajstić information content (AvgIpc) is 2.66. The lowest BCUT2D eigenvalue weighted by Gasteiger charge is -2.15. The summed E-state index contributed by atoms with van der Waals surface area (Å²) >= 11 is 0. The molecule has 0 spiro atoms. The molecule has 2 aromatic rings. The van der Waals surface area contributed by atoms with Crippen molar-refractivity contribution in [1.82, 2.24) is 9.62 Å². The molecular formula is C19H21FN2O5S. The highest BCUT2D eigenvalue weighted by Gasteiger charge is 2.24. The molecule has 2 rings (SSSR count). The number of ether oxygens (including phenoxy) is 1. The van der Waals surface area contributed by atoms with Crippen LogP contribution < -0.4 is 5.32 Å². The van der Waals surface area contributed by atoms with E-state index < -0.39 is 39.4 Å². The number of hydrogen-bond donors (Lipinski definition) is 1. The number of carbonyl (C=O) groups is 2. The number of nitrogens with one attached hydrogen (secondary N) is 1. The first-order valence-electron chi connectivity index (χ1n) is 8.37. The number of hydrogen-bond acceptors (Lipinski definition) is 5. The van der Waals surface area contributed by atoms with Crippen molar-refractivity contribution in [2.24, 2.45) is 0 Å². The zero-order valence-corrected chi connectivity index (χ0v) is 16.5. The zero-order valence-electron chi connectivity index (χ0n) is 15.7. The fourth-order valence-electron chi connectivity index (χ4n) is 2.24. The summed E-state index contributed by atoms with van der Waals surface area (Å²) in [5.74, 6) is -2.63. The van der Waals surface area contributed by atoms with E-state index in [1.165, 1.54) is 21.0 Å². The van der Waals surface area contributed by atoms with E-state index in [0.29, 0.717) is 0 Å². The van der Waals surface area contributed by atoms with Crippen molar-refractivity contribution in [2.45, 2.75) is 24.5 Å². The van der Waals surface area contributed by atoms with E-state index in [4.69, 9.17) is 4.74 Å². The van der Waals surface area contributed by atoms with Gasteiger partial charge in [-0.25, -0.2) is 21.9 Å². The molecule has 0 radical (unpaired) electrons. The highest BCUT2D eigenvalue weighted by molar-refractivity contribution is 7.89. The van der Waals surface area contributed by atoms with E-state index in [1.54, 1.807) is 0 Å². The summed E-state index contributed by atoms with van der Waals surface area (Å²) in [4.78, 5) is 24.1. The third-order valence-electron chi connectivity index (χ3n) is 3.90. The number of halogens is 1. The van der Waals surface area contributed by atoms with Crippen LogP contribution in [0.2, 0.25) is 0 Å². The first-order chi connectivity index (χ1) is 13.1. The monoisotopic (exact) mass is 408 g/mol. The quantitative estimate of drug-likeness (QED) is 0.707. The summed E-state index contributed by atoms with van der Waals surface area (Å²) in [7, 11) is -1.22. The second-order valence-electron chi connectivity index (χ2n) is 6.18. The number of carbonyl (C=O) groups excluding carboxylic acids is 2. The Morgan fingerprint density at radius 1 is 1.14 bits per heavy atom. The van der Waals surface area contributed by atoms with Crippen LogP contribution in [0, 0.1) is 5.82 Å². The van der Waals surface area contributed by atoms with Gasteiger partial charge < -0.3 is 10.1 Å². The van der Waals surface area contributed by atoms with Gasteiger partial charge in [0.2, 0.25) is 10.0 Å². The molecular weight excluding hydrogens is 387 g/mol. The standard InChI is InChI=1S/C19H21FN2O5S/c1-13(18(23)21-12-14-7-5-4-6-8-14)27-19(24)16-11-15(9-10-17(16)20)28(25,26)22(2)3/h4-11,13H,12H2,1-3H3,(H,21,23)/t13-/m0/s1. The average molecular weight is 408 g/mol. The summed E-state index contributed by atoms with van der Waals surface area (Å²) in [5, 5.41) is 2.61. The normalized spacial score (nSPS) is 12.5. The third kappa shape index (κ3) is 5.14. The fraction of sp³-hybridized carbons (Fsp3) is 0.263. The molecule has 0 heterocycles. The highest BCUT2D eigenvalue weighted by Crippen LogP contribution is 2.19. The van der Waals surface area contributed by atoms with Crippen molar-refractivity contribution in [3.8, 4) is 0 Å². The molecule has 0 unspecified atom stereocenters. The predicted octanol–water partition coefficient (Wildman–Crippen LogP) is 1.94. The van der Waals surface area contributed by atoms with Gasteiger partial charge in [0.15, 0.2) is 6.10 Å². The molecule has 0 aliphatic rings. The predicted molar refractivity (Wildman–Crippen MR) is 100 cm³/mol. The molecule has 2 aromatic carbocycles. The summed E-state index contributed by atoms with van der Waals surface area (Å²) in [6, 6.07) is 11.9. The van der Waals surface area contributed by atoms with Gasteiger partial charge in [-0.2, -0.15) is 0 Å². The molecule has 0 saturated heterocycles. The van der Waals surface area contributed by atoms with Crippen LogP contribution in [0.4, 0.5) is 4.39 Å². The number of amides is 1. The van der Waals surface area contributed by atoms with Gasteiger partial charge in [0, 0.05) is 20.6 Å². The molecule has 0 aromatic heterocycles. The molecule has 1 atom stereocenters. The van der Waals surface area contributed by atoms with Gasteiger partial charge in [-0.05, 0) is 30.7 Å². The van der Waals surface area contributed by atoms with Gasteiger partial charge in [0.05, 0.1) is 10.5 Å². The zero-order chi connectivity index (χ0) is 20.9. The number of rotatable bonds is 7. The molecule has 0 aliphatic heterocycles. The van der Waals surface area contributed by atoms with E-state index in [-0.39, 0.29) is 11.4 Å². The maximum atomic E-state index is 14.0. The number of benzene rings is 2. The largest absolute Gasteiger partial charge is 0.449 e. The van der Waals surface area contributed by atoms with Crippen LogP contribution in [0.25, 0.3) is 0 Å². The van der Waals surface area contributed by atoms with Gasteiger partial charge >= 0.3 is 5.97 Å². The highest BCUT2D eigenvalue weighted by atomic mass is 32.2. The van der Waals surface area contributed by atoms with Crippen LogP contribution in [0.3, 0.4) is 0 Å². The molecule has 0 bridgehead atoms. The lowest BCUT2D eigenvalue weighted by molar-refractivity contribution is -0.129. The Kier molecular flexibility index (Phi) is 6.87. The van der Waals surface area contributed by atoms with Crippen LogP contribution in [-0.2, 0) is 26.1 Å². The topological polar surface area (TPSA) is 92.8 Å². The van der Waals surface area contributed by atoms with Gasteiger partial charge in [0.1, 0.15) is 5.82 Å². The Bertz CT molecular complexity index is 962. The van der Waals surface area contributed by atoms with Crippen molar-refractivity contribution in [2.75, 3.05) is 14.1 Å². The van der Waals surface area contributed by atoms with Crippen molar-refractivity contribution >= 4 is 21.9 Å². The first kappa shape index (κ1) is 21.5. The molecule has 7 nitrogen and oxygen atoms in total. The lowest BCUT2D eigenvalue weighted by Crippen LogP contribution is -2.35.